The average Bonchev–Trinajstić information content (AvgIpc) is 3.05. The SMILES string of the molecule is CC(=O)Nc1nc2c(s1)CN(S(=O)(=O)c1cccs1)CC2. The fourth-order valence-electron chi connectivity index (χ4n) is 2.12. The van der Waals surface area contributed by atoms with Gasteiger partial charge in [0.15, 0.2) is 5.13 Å². The third-order valence-electron chi connectivity index (χ3n) is 3.07. The molecule has 1 aliphatic heterocycles. The second kappa shape index (κ2) is 5.48. The predicted molar refractivity (Wildman–Crippen MR) is 82.0 cm³/mol. The van der Waals surface area contributed by atoms with E-state index in [4.69, 9.17) is 0 Å². The van der Waals surface area contributed by atoms with E-state index < -0.39 is 10.0 Å². The number of nitrogens with zero attached hydrogens (tertiary/aromatic N) is 2. The minimum atomic E-state index is -3.43. The largest absolute Gasteiger partial charge is 0.302 e. The third-order valence-corrected chi connectivity index (χ3v) is 7.28. The lowest BCUT2D eigenvalue weighted by Crippen LogP contribution is -2.35. The molecule has 0 aliphatic carbocycles. The molecule has 0 atom stereocenters. The van der Waals surface area contributed by atoms with Crippen LogP contribution in [-0.2, 0) is 27.8 Å². The first-order chi connectivity index (χ1) is 9.96. The van der Waals surface area contributed by atoms with Crippen molar-refractivity contribution in [1.82, 2.24) is 9.29 Å². The lowest BCUT2D eigenvalue weighted by Gasteiger charge is -2.24. The van der Waals surface area contributed by atoms with Gasteiger partial charge in [0.1, 0.15) is 4.21 Å². The van der Waals surface area contributed by atoms with Crippen LogP contribution in [0.25, 0.3) is 0 Å². The number of fused-ring (bicyclic) bond motifs is 1. The van der Waals surface area contributed by atoms with Crippen LogP contribution in [0, 0.1) is 0 Å². The van der Waals surface area contributed by atoms with E-state index in [9.17, 15) is 13.2 Å². The minimum Gasteiger partial charge on any atom is -0.302 e. The van der Waals surface area contributed by atoms with E-state index in [0.29, 0.717) is 28.9 Å². The average molecular weight is 343 g/mol. The summed E-state index contributed by atoms with van der Waals surface area (Å²) in [5.41, 5.74) is 0.876. The van der Waals surface area contributed by atoms with Crippen LogP contribution in [0.2, 0.25) is 0 Å². The van der Waals surface area contributed by atoms with Crippen molar-refractivity contribution in [1.29, 1.82) is 0 Å². The molecule has 21 heavy (non-hydrogen) atoms. The Balaban J connectivity index is 1.84. The molecule has 112 valence electrons. The Bertz CT molecular complexity index is 765. The summed E-state index contributed by atoms with van der Waals surface area (Å²) in [7, 11) is -3.43. The Morgan fingerprint density at radius 2 is 2.29 bits per heavy atom. The molecular weight excluding hydrogens is 330 g/mol. The first-order valence-electron chi connectivity index (χ1n) is 6.26. The summed E-state index contributed by atoms with van der Waals surface area (Å²) >= 11 is 2.55. The number of hydrogen-bond acceptors (Lipinski definition) is 6. The quantitative estimate of drug-likeness (QED) is 0.923. The highest BCUT2D eigenvalue weighted by Gasteiger charge is 2.31. The number of amides is 1. The van der Waals surface area contributed by atoms with Gasteiger partial charge in [-0.2, -0.15) is 4.31 Å². The molecule has 1 aliphatic rings. The van der Waals surface area contributed by atoms with Crippen molar-refractivity contribution in [3.05, 3.63) is 28.1 Å². The number of sulfonamides is 1. The highest BCUT2D eigenvalue weighted by Crippen LogP contribution is 2.31. The Labute approximate surface area is 130 Å². The lowest BCUT2D eigenvalue weighted by atomic mass is 10.2. The molecule has 2 aromatic rings. The van der Waals surface area contributed by atoms with E-state index >= 15 is 0 Å². The monoisotopic (exact) mass is 343 g/mol. The van der Waals surface area contributed by atoms with E-state index in [2.05, 4.69) is 10.3 Å². The third kappa shape index (κ3) is 2.86. The second-order valence-electron chi connectivity index (χ2n) is 4.59. The van der Waals surface area contributed by atoms with E-state index in [1.807, 2.05) is 0 Å². The molecule has 1 amide bonds. The molecule has 0 radical (unpaired) electrons. The van der Waals surface area contributed by atoms with Crippen LogP contribution in [0.4, 0.5) is 5.13 Å². The molecule has 0 fully saturated rings. The van der Waals surface area contributed by atoms with E-state index in [1.54, 1.807) is 17.5 Å². The molecule has 6 nitrogen and oxygen atoms in total. The van der Waals surface area contributed by atoms with Crippen LogP contribution < -0.4 is 5.32 Å². The summed E-state index contributed by atoms with van der Waals surface area (Å²) in [4.78, 5) is 16.3. The topological polar surface area (TPSA) is 79.4 Å². The first-order valence-corrected chi connectivity index (χ1v) is 9.40. The standard InChI is InChI=1S/C12H13N3O3S3/c1-8(16)13-12-14-9-4-5-15(7-10(9)20-12)21(17,18)11-3-2-6-19-11/h2-3,6H,4-5,7H2,1H3,(H,13,14,16). The summed E-state index contributed by atoms with van der Waals surface area (Å²) < 4.78 is 26.8. The maximum atomic E-state index is 12.5. The van der Waals surface area contributed by atoms with Gasteiger partial charge in [-0.1, -0.05) is 6.07 Å². The van der Waals surface area contributed by atoms with Crippen molar-refractivity contribution < 1.29 is 13.2 Å². The molecule has 0 saturated heterocycles. The van der Waals surface area contributed by atoms with Gasteiger partial charge >= 0.3 is 0 Å². The van der Waals surface area contributed by atoms with E-state index in [-0.39, 0.29) is 5.91 Å². The Morgan fingerprint density at radius 1 is 1.48 bits per heavy atom. The van der Waals surface area contributed by atoms with Crippen molar-refractivity contribution in [2.45, 2.75) is 24.1 Å². The second-order valence-corrected chi connectivity index (χ2v) is 8.79. The van der Waals surface area contributed by atoms with E-state index in [0.717, 1.165) is 10.6 Å². The van der Waals surface area contributed by atoms with Crippen LogP contribution in [0.5, 0.6) is 0 Å². The zero-order valence-electron chi connectivity index (χ0n) is 11.2. The number of carbonyl (C=O) groups is 1. The van der Waals surface area contributed by atoms with Crippen LogP contribution in [0.3, 0.4) is 0 Å². The number of nitrogens with one attached hydrogen (secondary N) is 1. The van der Waals surface area contributed by atoms with Crippen molar-refractivity contribution >= 4 is 43.7 Å². The molecule has 3 rings (SSSR count). The number of thiophene rings is 1. The predicted octanol–water partition coefficient (Wildman–Crippen LogP) is 1.91. The Kier molecular flexibility index (Phi) is 3.82. The summed E-state index contributed by atoms with van der Waals surface area (Å²) in [6.45, 7) is 2.15. The zero-order chi connectivity index (χ0) is 15.0. The molecular formula is C12H13N3O3S3. The summed E-state index contributed by atoms with van der Waals surface area (Å²) in [6.07, 6.45) is 0.565. The van der Waals surface area contributed by atoms with Gasteiger partial charge in [-0.15, -0.1) is 22.7 Å². The summed E-state index contributed by atoms with van der Waals surface area (Å²) in [6, 6.07) is 3.35. The molecule has 9 heteroatoms. The van der Waals surface area contributed by atoms with Gasteiger partial charge in [-0.05, 0) is 11.4 Å². The lowest BCUT2D eigenvalue weighted by molar-refractivity contribution is -0.114. The van der Waals surface area contributed by atoms with Crippen LogP contribution in [0.1, 0.15) is 17.5 Å². The molecule has 2 aromatic heterocycles. The van der Waals surface area contributed by atoms with Crippen molar-refractivity contribution in [3.63, 3.8) is 0 Å². The highest BCUT2D eigenvalue weighted by molar-refractivity contribution is 7.91. The van der Waals surface area contributed by atoms with Gasteiger partial charge in [0, 0.05) is 24.8 Å². The smallest absolute Gasteiger partial charge is 0.252 e. The number of thiazole rings is 1. The van der Waals surface area contributed by atoms with Gasteiger partial charge in [0.05, 0.1) is 12.2 Å². The highest BCUT2D eigenvalue weighted by atomic mass is 32.2. The Morgan fingerprint density at radius 3 is 2.95 bits per heavy atom. The Hall–Kier alpha value is -1.29. The number of aromatic nitrogens is 1. The van der Waals surface area contributed by atoms with Gasteiger partial charge in [0.2, 0.25) is 5.91 Å². The molecule has 0 aromatic carbocycles. The molecule has 1 N–H and O–H groups in total. The fraction of sp³-hybridized carbons (Fsp3) is 0.333. The molecule has 0 spiro atoms. The normalized spacial score (nSPS) is 15.7. The van der Waals surface area contributed by atoms with Gasteiger partial charge in [-0.25, -0.2) is 13.4 Å². The molecule has 0 unspecified atom stereocenters. The van der Waals surface area contributed by atoms with Crippen molar-refractivity contribution in [3.8, 4) is 0 Å². The maximum Gasteiger partial charge on any atom is 0.252 e. The van der Waals surface area contributed by atoms with Gasteiger partial charge in [-0.3, -0.25) is 4.79 Å². The zero-order valence-corrected chi connectivity index (χ0v) is 13.6. The van der Waals surface area contributed by atoms with Gasteiger partial charge < -0.3 is 5.32 Å². The number of carbonyl (C=O) groups excluding carboxylic acids is 1. The fourth-order valence-corrected chi connectivity index (χ4v) is 5.82. The number of anilines is 1. The summed E-state index contributed by atoms with van der Waals surface area (Å²) in [5.74, 6) is -0.177. The van der Waals surface area contributed by atoms with Crippen molar-refractivity contribution in [2.24, 2.45) is 0 Å². The van der Waals surface area contributed by atoms with Crippen LogP contribution in [-0.4, -0.2) is 30.2 Å². The van der Waals surface area contributed by atoms with Gasteiger partial charge in [0.25, 0.3) is 10.0 Å². The first kappa shape index (κ1) is 14.6. The van der Waals surface area contributed by atoms with Crippen LogP contribution >= 0.6 is 22.7 Å². The maximum absolute atomic E-state index is 12.5. The molecule has 3 heterocycles. The number of hydrogen-bond donors (Lipinski definition) is 1. The summed E-state index contributed by atoms with van der Waals surface area (Å²) in [5, 5.41) is 4.93. The van der Waals surface area contributed by atoms with E-state index in [1.165, 1.54) is 33.9 Å². The van der Waals surface area contributed by atoms with Crippen LogP contribution in [0.15, 0.2) is 21.7 Å². The van der Waals surface area contributed by atoms with Crippen molar-refractivity contribution in [2.75, 3.05) is 11.9 Å². The molecule has 0 saturated carbocycles. The number of rotatable bonds is 3. The molecule has 0 bridgehead atoms. The minimum absolute atomic E-state index is 0.177.